The maximum absolute atomic E-state index is 13.9. The summed E-state index contributed by atoms with van der Waals surface area (Å²) < 4.78 is 46.6. The number of ether oxygens (including phenoxy) is 1. The molecule has 0 aliphatic carbocycles. The summed E-state index contributed by atoms with van der Waals surface area (Å²) >= 11 is 0. The highest BCUT2D eigenvalue weighted by Crippen LogP contribution is 2.34. The third-order valence-electron chi connectivity index (χ3n) is 4.85. The predicted octanol–water partition coefficient (Wildman–Crippen LogP) is 5.09. The Bertz CT molecular complexity index is 510. The van der Waals surface area contributed by atoms with Crippen molar-refractivity contribution >= 4 is 0 Å². The zero-order chi connectivity index (χ0) is 17.7. The van der Waals surface area contributed by atoms with E-state index in [0.717, 1.165) is 25.7 Å². The average molecular weight is 344 g/mol. The summed E-state index contributed by atoms with van der Waals surface area (Å²) in [6, 6.07) is 2.39. The van der Waals surface area contributed by atoms with Gasteiger partial charge in [0.2, 0.25) is 0 Å². The lowest BCUT2D eigenvalue weighted by molar-refractivity contribution is -0.0113. The maximum Gasteiger partial charge on any atom is 0.132 e. The molecule has 0 amide bonds. The Morgan fingerprint density at radius 3 is 2.42 bits per heavy atom. The summed E-state index contributed by atoms with van der Waals surface area (Å²) in [6.07, 6.45) is 3.80. The van der Waals surface area contributed by atoms with E-state index in [9.17, 15) is 18.3 Å². The van der Waals surface area contributed by atoms with E-state index in [4.69, 9.17) is 4.74 Å². The second-order valence-electron chi connectivity index (χ2n) is 7.06. The van der Waals surface area contributed by atoms with E-state index in [0.29, 0.717) is 18.6 Å². The lowest BCUT2D eigenvalue weighted by atomic mass is 9.91. The van der Waals surface area contributed by atoms with Gasteiger partial charge in [-0.3, -0.25) is 0 Å². The molecule has 1 aliphatic heterocycles. The van der Waals surface area contributed by atoms with Crippen LogP contribution in [0.2, 0.25) is 0 Å². The monoisotopic (exact) mass is 344 g/mol. The summed E-state index contributed by atoms with van der Waals surface area (Å²) in [5.41, 5.74) is -0.103. The van der Waals surface area contributed by atoms with Gasteiger partial charge in [0.05, 0.1) is 24.4 Å². The molecular weight excluding hydrogens is 317 g/mol. The molecular formula is C19H27F3O2. The topological polar surface area (TPSA) is 29.5 Å². The van der Waals surface area contributed by atoms with Crippen LogP contribution < -0.4 is 0 Å². The highest BCUT2D eigenvalue weighted by molar-refractivity contribution is 5.28. The minimum Gasteiger partial charge on any atom is -0.393 e. The SMILES string of the molecule is CC(O)CC1CCCCC(C)[C@@H](c2cc(F)c(CF)c(F)c2)OC1. The Hall–Kier alpha value is -1.07. The Morgan fingerprint density at radius 2 is 1.83 bits per heavy atom. The minimum atomic E-state index is -1.16. The molecule has 4 atom stereocenters. The average Bonchev–Trinajstić information content (AvgIpc) is 2.58. The van der Waals surface area contributed by atoms with Gasteiger partial charge in [-0.05, 0) is 55.7 Å². The smallest absolute Gasteiger partial charge is 0.132 e. The van der Waals surface area contributed by atoms with Crippen LogP contribution >= 0.6 is 0 Å². The summed E-state index contributed by atoms with van der Waals surface area (Å²) in [5.74, 6) is -1.37. The Balaban J connectivity index is 2.21. The fourth-order valence-electron chi connectivity index (χ4n) is 3.55. The van der Waals surface area contributed by atoms with E-state index >= 15 is 0 Å². The van der Waals surface area contributed by atoms with E-state index < -0.39 is 36.1 Å². The van der Waals surface area contributed by atoms with Gasteiger partial charge in [-0.1, -0.05) is 19.8 Å². The van der Waals surface area contributed by atoms with Crippen LogP contribution in [0, 0.1) is 23.5 Å². The zero-order valence-corrected chi connectivity index (χ0v) is 14.4. The van der Waals surface area contributed by atoms with E-state index in [1.165, 1.54) is 12.1 Å². The van der Waals surface area contributed by atoms with Gasteiger partial charge in [0.25, 0.3) is 0 Å². The van der Waals surface area contributed by atoms with Gasteiger partial charge >= 0.3 is 0 Å². The van der Waals surface area contributed by atoms with Crippen LogP contribution in [-0.2, 0) is 11.4 Å². The number of alkyl halides is 1. The van der Waals surface area contributed by atoms with Crippen molar-refractivity contribution in [1.29, 1.82) is 0 Å². The van der Waals surface area contributed by atoms with Crippen molar-refractivity contribution in [3.63, 3.8) is 0 Å². The highest BCUT2D eigenvalue weighted by Gasteiger charge is 2.26. The molecule has 0 spiro atoms. The van der Waals surface area contributed by atoms with Crippen molar-refractivity contribution in [3.8, 4) is 0 Å². The van der Waals surface area contributed by atoms with Crippen molar-refractivity contribution in [1.82, 2.24) is 0 Å². The maximum atomic E-state index is 13.9. The number of rotatable bonds is 4. The molecule has 2 rings (SSSR count). The zero-order valence-electron chi connectivity index (χ0n) is 14.4. The lowest BCUT2D eigenvalue weighted by Gasteiger charge is -2.26. The standard InChI is InChI=1S/C19H27F3O2/c1-12-5-3-4-6-14(7-13(2)23)11-24-19(12)15-8-17(21)16(10-20)18(22)9-15/h8-9,12-14,19,23H,3-7,10-11H2,1-2H3/t12?,13?,14?,19-/m0/s1. The van der Waals surface area contributed by atoms with Crippen LogP contribution in [0.15, 0.2) is 12.1 Å². The molecule has 1 fully saturated rings. The number of aliphatic hydroxyl groups excluding tert-OH is 1. The molecule has 2 nitrogen and oxygen atoms in total. The van der Waals surface area contributed by atoms with Crippen LogP contribution in [-0.4, -0.2) is 17.8 Å². The van der Waals surface area contributed by atoms with E-state index in [2.05, 4.69) is 0 Å². The van der Waals surface area contributed by atoms with Crippen LogP contribution in [0.3, 0.4) is 0 Å². The lowest BCUT2D eigenvalue weighted by Crippen LogP contribution is -2.20. The normalized spacial score (nSPS) is 27.2. The Labute approximate surface area is 142 Å². The van der Waals surface area contributed by atoms with E-state index in [-0.39, 0.29) is 11.8 Å². The third kappa shape index (κ3) is 4.96. The van der Waals surface area contributed by atoms with Crippen molar-refractivity contribution in [2.45, 2.75) is 64.8 Å². The van der Waals surface area contributed by atoms with Gasteiger partial charge in [0.15, 0.2) is 0 Å². The number of aliphatic hydroxyl groups is 1. The van der Waals surface area contributed by atoms with Crippen LogP contribution in [0.5, 0.6) is 0 Å². The molecule has 0 bridgehead atoms. The fourth-order valence-corrected chi connectivity index (χ4v) is 3.55. The van der Waals surface area contributed by atoms with Gasteiger partial charge in [-0.2, -0.15) is 0 Å². The van der Waals surface area contributed by atoms with E-state index in [1.54, 1.807) is 6.92 Å². The molecule has 5 heteroatoms. The molecule has 0 aromatic heterocycles. The summed E-state index contributed by atoms with van der Waals surface area (Å²) in [6.45, 7) is 3.06. The minimum absolute atomic E-state index is 0.116. The summed E-state index contributed by atoms with van der Waals surface area (Å²) in [7, 11) is 0. The van der Waals surface area contributed by atoms with Gasteiger partial charge in [-0.15, -0.1) is 0 Å². The molecule has 1 aromatic rings. The molecule has 0 saturated carbocycles. The van der Waals surface area contributed by atoms with Crippen molar-refractivity contribution in [2.24, 2.45) is 11.8 Å². The summed E-state index contributed by atoms with van der Waals surface area (Å²) in [5, 5.41) is 9.61. The highest BCUT2D eigenvalue weighted by atomic mass is 19.1. The van der Waals surface area contributed by atoms with Crippen molar-refractivity contribution in [3.05, 3.63) is 34.9 Å². The first-order valence-corrected chi connectivity index (χ1v) is 8.75. The third-order valence-corrected chi connectivity index (χ3v) is 4.85. The first-order valence-electron chi connectivity index (χ1n) is 8.75. The van der Waals surface area contributed by atoms with E-state index in [1.807, 2.05) is 6.92 Å². The van der Waals surface area contributed by atoms with Gasteiger partial charge < -0.3 is 9.84 Å². The molecule has 24 heavy (non-hydrogen) atoms. The molecule has 0 radical (unpaired) electrons. The van der Waals surface area contributed by atoms with Gasteiger partial charge in [0.1, 0.15) is 18.3 Å². The predicted molar refractivity (Wildman–Crippen MR) is 87.3 cm³/mol. The van der Waals surface area contributed by atoms with Crippen LogP contribution in [0.25, 0.3) is 0 Å². The molecule has 1 saturated heterocycles. The largest absolute Gasteiger partial charge is 0.393 e. The second kappa shape index (κ2) is 8.86. The second-order valence-corrected chi connectivity index (χ2v) is 7.06. The fraction of sp³-hybridized carbons (Fsp3) is 0.684. The van der Waals surface area contributed by atoms with Crippen LogP contribution in [0.4, 0.5) is 13.2 Å². The molecule has 1 aromatic carbocycles. The van der Waals surface area contributed by atoms with Gasteiger partial charge in [-0.25, -0.2) is 13.2 Å². The van der Waals surface area contributed by atoms with Crippen molar-refractivity contribution < 1.29 is 23.0 Å². The van der Waals surface area contributed by atoms with Gasteiger partial charge in [0, 0.05) is 0 Å². The Morgan fingerprint density at radius 1 is 1.21 bits per heavy atom. The molecule has 136 valence electrons. The molecule has 1 N–H and O–H groups in total. The number of hydrogen-bond acceptors (Lipinski definition) is 2. The number of benzene rings is 1. The number of hydrogen-bond donors (Lipinski definition) is 1. The first kappa shape index (κ1) is 19.3. The number of halogens is 3. The Kier molecular flexibility index (Phi) is 7.11. The molecule has 3 unspecified atom stereocenters. The summed E-state index contributed by atoms with van der Waals surface area (Å²) in [4.78, 5) is 0. The first-order chi connectivity index (χ1) is 11.4. The van der Waals surface area contributed by atoms with Crippen LogP contribution in [0.1, 0.15) is 63.2 Å². The molecule has 1 aliphatic rings. The quantitative estimate of drug-likeness (QED) is 0.824. The molecule has 1 heterocycles. The van der Waals surface area contributed by atoms with Crippen molar-refractivity contribution in [2.75, 3.05) is 6.61 Å².